The third kappa shape index (κ3) is 3.67. The van der Waals surface area contributed by atoms with Crippen molar-refractivity contribution in [3.8, 4) is 0 Å². The molecule has 0 aliphatic rings. The van der Waals surface area contributed by atoms with Crippen molar-refractivity contribution in [2.45, 2.75) is 38.6 Å². The third-order valence-electron chi connectivity index (χ3n) is 2.54. The van der Waals surface area contributed by atoms with Gasteiger partial charge in [-0.2, -0.15) is 0 Å². The van der Waals surface area contributed by atoms with Gasteiger partial charge in [0.15, 0.2) is 0 Å². The van der Waals surface area contributed by atoms with Crippen molar-refractivity contribution in [3.05, 3.63) is 27.8 Å². The number of aryl methyl sites for hydroxylation is 1. The minimum Gasteiger partial charge on any atom is -0.380 e. The lowest BCUT2D eigenvalue weighted by atomic mass is 10.2. The van der Waals surface area contributed by atoms with E-state index in [-0.39, 0.29) is 16.6 Å². The first-order valence-electron chi connectivity index (χ1n) is 6.24. The Balaban J connectivity index is 3.43. The summed E-state index contributed by atoms with van der Waals surface area (Å²) in [6, 6.07) is 2.29. The maximum Gasteiger partial charge on any atom is 0.293 e. The summed E-state index contributed by atoms with van der Waals surface area (Å²) >= 11 is 0. The molecule has 1 aromatic rings. The molecule has 0 atom stereocenters. The Morgan fingerprint density at radius 1 is 1.35 bits per heavy atom. The van der Waals surface area contributed by atoms with Crippen LogP contribution in [0.2, 0.25) is 0 Å². The second kappa shape index (κ2) is 6.19. The summed E-state index contributed by atoms with van der Waals surface area (Å²) in [5, 5.41) is 13.9. The molecule has 0 unspecified atom stereocenters. The molecular weight excluding hydrogens is 282 g/mol. The summed E-state index contributed by atoms with van der Waals surface area (Å²) in [7, 11) is -3.76. The molecular formula is C12H19N3O4S. The van der Waals surface area contributed by atoms with Crippen LogP contribution in [0.4, 0.5) is 11.4 Å². The number of nitro benzene ring substituents is 1. The second-order valence-electron chi connectivity index (χ2n) is 4.70. The Hall–Kier alpha value is -1.67. The lowest BCUT2D eigenvalue weighted by Crippen LogP contribution is -2.30. The van der Waals surface area contributed by atoms with Crippen LogP contribution < -0.4 is 10.0 Å². The highest BCUT2D eigenvalue weighted by Gasteiger charge is 2.24. The van der Waals surface area contributed by atoms with Crippen molar-refractivity contribution in [1.82, 2.24) is 4.72 Å². The number of sulfonamides is 1. The van der Waals surface area contributed by atoms with Crippen LogP contribution in [0.1, 0.15) is 26.3 Å². The van der Waals surface area contributed by atoms with E-state index in [1.165, 1.54) is 6.07 Å². The molecule has 0 aliphatic carbocycles. The fourth-order valence-corrected chi connectivity index (χ4v) is 3.32. The fourth-order valence-electron chi connectivity index (χ4n) is 1.82. The maximum atomic E-state index is 12.2. The zero-order valence-corrected chi connectivity index (χ0v) is 12.7. The molecule has 0 aliphatic heterocycles. The van der Waals surface area contributed by atoms with Gasteiger partial charge in [0.1, 0.15) is 5.69 Å². The Kier molecular flexibility index (Phi) is 5.07. The van der Waals surface area contributed by atoms with Gasteiger partial charge in [-0.1, -0.05) is 0 Å². The molecule has 8 heteroatoms. The highest BCUT2D eigenvalue weighted by Crippen LogP contribution is 2.30. The van der Waals surface area contributed by atoms with E-state index in [0.29, 0.717) is 17.8 Å². The first kappa shape index (κ1) is 16.4. The van der Waals surface area contributed by atoms with Gasteiger partial charge in [-0.15, -0.1) is 0 Å². The van der Waals surface area contributed by atoms with Crippen LogP contribution in [-0.4, -0.2) is 25.9 Å². The minimum absolute atomic E-state index is 0.0699. The van der Waals surface area contributed by atoms with E-state index in [0.717, 1.165) is 6.07 Å². The molecule has 1 rings (SSSR count). The summed E-state index contributed by atoms with van der Waals surface area (Å²) in [4.78, 5) is 10.4. The number of hydrogen-bond donors (Lipinski definition) is 2. The summed E-state index contributed by atoms with van der Waals surface area (Å²) in [6.07, 6.45) is 0. The van der Waals surface area contributed by atoms with Crippen LogP contribution >= 0.6 is 0 Å². The largest absolute Gasteiger partial charge is 0.380 e. The van der Waals surface area contributed by atoms with Gasteiger partial charge in [-0.05, 0) is 39.3 Å². The molecule has 0 aromatic heterocycles. The average Bonchev–Trinajstić information content (AvgIpc) is 2.26. The van der Waals surface area contributed by atoms with Gasteiger partial charge in [0.05, 0.1) is 9.82 Å². The predicted molar refractivity (Wildman–Crippen MR) is 77.5 cm³/mol. The van der Waals surface area contributed by atoms with E-state index >= 15 is 0 Å². The number of anilines is 1. The predicted octanol–water partition coefficient (Wildman–Crippen LogP) is 2.02. The zero-order chi connectivity index (χ0) is 15.5. The van der Waals surface area contributed by atoms with Crippen LogP contribution in [0.5, 0.6) is 0 Å². The highest BCUT2D eigenvalue weighted by atomic mass is 32.2. The van der Waals surface area contributed by atoms with Gasteiger partial charge < -0.3 is 5.32 Å². The molecule has 2 N–H and O–H groups in total. The SMILES string of the molecule is CCNc1cc(C)c(S(=O)(=O)NC(C)C)cc1[N+](=O)[O-]. The number of nitrogens with zero attached hydrogens (tertiary/aromatic N) is 1. The molecule has 20 heavy (non-hydrogen) atoms. The second-order valence-corrected chi connectivity index (χ2v) is 6.38. The van der Waals surface area contributed by atoms with Crippen molar-refractivity contribution >= 4 is 21.4 Å². The molecule has 0 fully saturated rings. The van der Waals surface area contributed by atoms with E-state index < -0.39 is 14.9 Å². The van der Waals surface area contributed by atoms with Crippen molar-refractivity contribution in [3.63, 3.8) is 0 Å². The first-order valence-corrected chi connectivity index (χ1v) is 7.72. The van der Waals surface area contributed by atoms with Crippen LogP contribution in [0.25, 0.3) is 0 Å². The molecule has 0 bridgehead atoms. The van der Waals surface area contributed by atoms with Crippen molar-refractivity contribution < 1.29 is 13.3 Å². The number of nitro groups is 1. The van der Waals surface area contributed by atoms with Gasteiger partial charge >= 0.3 is 0 Å². The molecule has 7 nitrogen and oxygen atoms in total. The fraction of sp³-hybridized carbons (Fsp3) is 0.500. The molecule has 0 saturated carbocycles. The number of benzene rings is 1. The molecule has 0 radical (unpaired) electrons. The average molecular weight is 301 g/mol. The van der Waals surface area contributed by atoms with Crippen molar-refractivity contribution in [2.75, 3.05) is 11.9 Å². The number of hydrogen-bond acceptors (Lipinski definition) is 5. The molecule has 0 amide bonds. The van der Waals surface area contributed by atoms with Crippen LogP contribution in [-0.2, 0) is 10.0 Å². The zero-order valence-electron chi connectivity index (χ0n) is 11.9. The first-order chi connectivity index (χ1) is 9.19. The van der Waals surface area contributed by atoms with E-state index in [2.05, 4.69) is 10.0 Å². The normalized spacial score (nSPS) is 11.7. The maximum absolute atomic E-state index is 12.2. The van der Waals surface area contributed by atoms with Gasteiger partial charge in [-0.25, -0.2) is 13.1 Å². The lowest BCUT2D eigenvalue weighted by molar-refractivity contribution is -0.384. The Morgan fingerprint density at radius 2 is 1.95 bits per heavy atom. The summed E-state index contributed by atoms with van der Waals surface area (Å²) in [6.45, 7) is 7.31. The van der Waals surface area contributed by atoms with Crippen LogP contribution in [0.15, 0.2) is 17.0 Å². The van der Waals surface area contributed by atoms with Gasteiger partial charge in [-0.3, -0.25) is 10.1 Å². The summed E-state index contributed by atoms with van der Waals surface area (Å²) < 4.78 is 26.7. The van der Waals surface area contributed by atoms with Crippen molar-refractivity contribution in [2.24, 2.45) is 0 Å². The quantitative estimate of drug-likeness (QED) is 0.618. The standard InChI is InChI=1S/C12H19N3O4S/c1-5-13-10-6-9(4)12(7-11(10)15(16)17)20(18,19)14-8(2)3/h6-8,13-14H,5H2,1-4H3. The number of nitrogens with one attached hydrogen (secondary N) is 2. The van der Waals surface area contributed by atoms with Gasteiger partial charge in [0.2, 0.25) is 10.0 Å². The van der Waals surface area contributed by atoms with Gasteiger partial charge in [0.25, 0.3) is 5.69 Å². The monoisotopic (exact) mass is 301 g/mol. The van der Waals surface area contributed by atoms with Crippen molar-refractivity contribution in [1.29, 1.82) is 0 Å². The van der Waals surface area contributed by atoms with E-state index in [4.69, 9.17) is 0 Å². The third-order valence-corrected chi connectivity index (χ3v) is 4.34. The smallest absolute Gasteiger partial charge is 0.293 e. The van der Waals surface area contributed by atoms with E-state index in [1.54, 1.807) is 20.8 Å². The summed E-state index contributed by atoms with van der Waals surface area (Å²) in [5.74, 6) is 0. The highest BCUT2D eigenvalue weighted by molar-refractivity contribution is 7.89. The Labute approximate surface area is 118 Å². The molecule has 112 valence electrons. The molecule has 0 spiro atoms. The minimum atomic E-state index is -3.76. The van der Waals surface area contributed by atoms with E-state index in [9.17, 15) is 18.5 Å². The lowest BCUT2D eigenvalue weighted by Gasteiger charge is -2.13. The topological polar surface area (TPSA) is 101 Å². The molecule has 1 aromatic carbocycles. The Bertz CT molecular complexity index is 611. The van der Waals surface area contributed by atoms with E-state index in [1.807, 2.05) is 6.92 Å². The molecule has 0 saturated heterocycles. The Morgan fingerprint density at radius 3 is 2.40 bits per heavy atom. The molecule has 0 heterocycles. The van der Waals surface area contributed by atoms with Gasteiger partial charge in [0, 0.05) is 18.7 Å². The van der Waals surface area contributed by atoms with Crippen LogP contribution in [0.3, 0.4) is 0 Å². The van der Waals surface area contributed by atoms with Crippen LogP contribution in [0, 0.1) is 17.0 Å². The summed E-state index contributed by atoms with van der Waals surface area (Å²) in [5.41, 5.74) is 0.528. The number of rotatable bonds is 6.